The maximum absolute atomic E-state index is 11.8. The van der Waals surface area contributed by atoms with Crippen molar-refractivity contribution >= 4 is 23.3 Å². The van der Waals surface area contributed by atoms with E-state index in [1.807, 2.05) is 32.9 Å². The van der Waals surface area contributed by atoms with E-state index in [0.29, 0.717) is 17.9 Å². The van der Waals surface area contributed by atoms with Gasteiger partial charge in [-0.25, -0.2) is 4.79 Å². The third-order valence-electron chi connectivity index (χ3n) is 3.09. The van der Waals surface area contributed by atoms with Crippen LogP contribution in [0.1, 0.15) is 39.2 Å². The van der Waals surface area contributed by atoms with E-state index >= 15 is 0 Å². The summed E-state index contributed by atoms with van der Waals surface area (Å²) < 4.78 is 0. The largest absolute Gasteiger partial charge is 0.338 e. The van der Waals surface area contributed by atoms with Crippen molar-refractivity contribution in [3.05, 3.63) is 23.8 Å². The highest BCUT2D eigenvalue weighted by Gasteiger charge is 2.09. The number of amides is 3. The highest BCUT2D eigenvalue weighted by molar-refractivity contribution is 5.94. The Morgan fingerprint density at radius 2 is 1.90 bits per heavy atom. The van der Waals surface area contributed by atoms with Crippen LogP contribution in [0, 0.1) is 12.8 Å². The molecule has 3 amide bonds. The molecule has 1 aromatic carbocycles. The molecule has 0 saturated heterocycles. The Labute approximate surface area is 126 Å². The second-order valence-corrected chi connectivity index (χ2v) is 5.41. The minimum absolute atomic E-state index is 0.0443. The molecule has 0 aliphatic carbocycles. The number of carbonyl (C=O) groups is 2. The number of aryl methyl sites for hydroxylation is 1. The number of anilines is 2. The number of hydrogen-bond donors (Lipinski definition) is 3. The van der Waals surface area contributed by atoms with Crippen LogP contribution in [0.3, 0.4) is 0 Å². The third-order valence-corrected chi connectivity index (χ3v) is 3.09. The third kappa shape index (κ3) is 5.85. The smallest absolute Gasteiger partial charge is 0.319 e. The van der Waals surface area contributed by atoms with Gasteiger partial charge in [0.2, 0.25) is 5.91 Å². The summed E-state index contributed by atoms with van der Waals surface area (Å²) in [5, 5.41) is 8.43. The quantitative estimate of drug-likeness (QED) is 0.702. The summed E-state index contributed by atoms with van der Waals surface area (Å²) >= 11 is 0. The molecule has 0 unspecified atom stereocenters. The molecule has 0 fully saturated rings. The predicted octanol–water partition coefficient (Wildman–Crippen LogP) is 3.51. The lowest BCUT2D eigenvalue weighted by atomic mass is 10.1. The average molecular weight is 291 g/mol. The first-order chi connectivity index (χ1) is 9.93. The standard InChI is InChI=1S/C16H25N3O2/c1-5-6-9-17-16(21)19-14-10-13(8-7-12(14)4)18-15(20)11(2)3/h7-8,10-11H,5-6,9H2,1-4H3,(H,18,20)(H2,17,19,21). The number of benzene rings is 1. The Hall–Kier alpha value is -2.04. The summed E-state index contributed by atoms with van der Waals surface area (Å²) in [5.41, 5.74) is 2.33. The van der Waals surface area contributed by atoms with Gasteiger partial charge in [-0.2, -0.15) is 0 Å². The highest BCUT2D eigenvalue weighted by atomic mass is 16.2. The van der Waals surface area contributed by atoms with Crippen molar-refractivity contribution in [2.24, 2.45) is 5.92 Å². The Balaban J connectivity index is 2.69. The molecule has 0 heterocycles. The van der Waals surface area contributed by atoms with Crippen molar-refractivity contribution in [2.45, 2.75) is 40.5 Å². The molecule has 1 rings (SSSR count). The summed E-state index contributed by atoms with van der Waals surface area (Å²) in [6, 6.07) is 5.25. The maximum Gasteiger partial charge on any atom is 0.319 e. The molecule has 0 saturated carbocycles. The molecule has 0 bridgehead atoms. The van der Waals surface area contributed by atoms with Crippen LogP contribution in [0.15, 0.2) is 18.2 Å². The van der Waals surface area contributed by atoms with Gasteiger partial charge < -0.3 is 16.0 Å². The van der Waals surface area contributed by atoms with Crippen LogP contribution in [-0.2, 0) is 4.79 Å². The van der Waals surface area contributed by atoms with E-state index in [2.05, 4.69) is 22.9 Å². The van der Waals surface area contributed by atoms with Gasteiger partial charge in [-0.1, -0.05) is 33.3 Å². The first kappa shape index (κ1) is 17.0. The molecule has 116 valence electrons. The van der Waals surface area contributed by atoms with Gasteiger partial charge >= 0.3 is 6.03 Å². The fourth-order valence-electron chi connectivity index (χ4n) is 1.67. The number of urea groups is 1. The van der Waals surface area contributed by atoms with Crippen molar-refractivity contribution in [3.63, 3.8) is 0 Å². The van der Waals surface area contributed by atoms with E-state index in [4.69, 9.17) is 0 Å². The Kier molecular flexibility index (Phi) is 6.72. The molecule has 5 heteroatoms. The van der Waals surface area contributed by atoms with Gasteiger partial charge in [-0.3, -0.25) is 4.79 Å². The van der Waals surface area contributed by atoms with E-state index in [0.717, 1.165) is 18.4 Å². The van der Waals surface area contributed by atoms with E-state index in [9.17, 15) is 9.59 Å². The first-order valence-electron chi connectivity index (χ1n) is 7.40. The summed E-state index contributed by atoms with van der Waals surface area (Å²) in [7, 11) is 0. The second-order valence-electron chi connectivity index (χ2n) is 5.41. The van der Waals surface area contributed by atoms with Crippen molar-refractivity contribution in [1.29, 1.82) is 0 Å². The minimum atomic E-state index is -0.223. The first-order valence-corrected chi connectivity index (χ1v) is 7.40. The topological polar surface area (TPSA) is 70.2 Å². The van der Waals surface area contributed by atoms with Gasteiger partial charge in [-0.05, 0) is 31.0 Å². The minimum Gasteiger partial charge on any atom is -0.338 e. The molecule has 0 atom stereocenters. The zero-order chi connectivity index (χ0) is 15.8. The number of rotatable bonds is 6. The normalized spacial score (nSPS) is 10.3. The lowest BCUT2D eigenvalue weighted by Gasteiger charge is -2.13. The molecule has 0 aliphatic rings. The van der Waals surface area contributed by atoms with Crippen LogP contribution in [0.5, 0.6) is 0 Å². The van der Waals surface area contributed by atoms with Crippen LogP contribution in [0.25, 0.3) is 0 Å². The molecular formula is C16H25N3O2. The highest BCUT2D eigenvalue weighted by Crippen LogP contribution is 2.20. The molecule has 0 aromatic heterocycles. The number of hydrogen-bond acceptors (Lipinski definition) is 2. The maximum atomic E-state index is 11.8. The van der Waals surface area contributed by atoms with Gasteiger partial charge in [0.15, 0.2) is 0 Å². The SMILES string of the molecule is CCCCNC(=O)Nc1cc(NC(=O)C(C)C)ccc1C. The van der Waals surface area contributed by atoms with Gasteiger partial charge in [0.1, 0.15) is 0 Å². The number of carbonyl (C=O) groups excluding carboxylic acids is 2. The molecule has 5 nitrogen and oxygen atoms in total. The Morgan fingerprint density at radius 1 is 1.19 bits per heavy atom. The van der Waals surface area contributed by atoms with Crippen molar-refractivity contribution < 1.29 is 9.59 Å². The van der Waals surface area contributed by atoms with E-state index in [-0.39, 0.29) is 17.9 Å². The van der Waals surface area contributed by atoms with Gasteiger partial charge in [0.25, 0.3) is 0 Å². The van der Waals surface area contributed by atoms with Gasteiger partial charge in [-0.15, -0.1) is 0 Å². The van der Waals surface area contributed by atoms with Gasteiger partial charge in [0, 0.05) is 23.8 Å². The zero-order valence-corrected chi connectivity index (χ0v) is 13.2. The van der Waals surface area contributed by atoms with Crippen LogP contribution in [-0.4, -0.2) is 18.5 Å². The second kappa shape index (κ2) is 8.29. The summed E-state index contributed by atoms with van der Waals surface area (Å²) in [6.07, 6.45) is 1.99. The van der Waals surface area contributed by atoms with E-state index < -0.39 is 0 Å². The lowest BCUT2D eigenvalue weighted by Crippen LogP contribution is -2.29. The molecular weight excluding hydrogens is 266 g/mol. The molecule has 21 heavy (non-hydrogen) atoms. The molecule has 3 N–H and O–H groups in total. The summed E-state index contributed by atoms with van der Waals surface area (Å²) in [4.78, 5) is 23.5. The van der Waals surface area contributed by atoms with Crippen molar-refractivity contribution in [1.82, 2.24) is 5.32 Å². The molecule has 0 radical (unpaired) electrons. The number of nitrogens with one attached hydrogen (secondary N) is 3. The fourth-order valence-corrected chi connectivity index (χ4v) is 1.67. The van der Waals surface area contributed by atoms with E-state index in [1.54, 1.807) is 6.07 Å². The monoisotopic (exact) mass is 291 g/mol. The lowest BCUT2D eigenvalue weighted by molar-refractivity contribution is -0.118. The van der Waals surface area contributed by atoms with Crippen LogP contribution < -0.4 is 16.0 Å². The van der Waals surface area contributed by atoms with Crippen LogP contribution in [0.4, 0.5) is 16.2 Å². The zero-order valence-electron chi connectivity index (χ0n) is 13.2. The van der Waals surface area contributed by atoms with Gasteiger partial charge in [0.05, 0.1) is 0 Å². The number of unbranched alkanes of at least 4 members (excludes halogenated alkanes) is 1. The van der Waals surface area contributed by atoms with Crippen LogP contribution >= 0.6 is 0 Å². The van der Waals surface area contributed by atoms with Crippen LogP contribution in [0.2, 0.25) is 0 Å². The van der Waals surface area contributed by atoms with Crippen molar-refractivity contribution in [2.75, 3.05) is 17.2 Å². The van der Waals surface area contributed by atoms with Crippen molar-refractivity contribution in [3.8, 4) is 0 Å². The molecule has 0 spiro atoms. The Morgan fingerprint density at radius 3 is 2.52 bits per heavy atom. The summed E-state index contributed by atoms with van der Waals surface area (Å²) in [5.74, 6) is -0.128. The predicted molar refractivity (Wildman–Crippen MR) is 86.6 cm³/mol. The molecule has 1 aromatic rings. The average Bonchev–Trinajstić information content (AvgIpc) is 2.42. The summed E-state index contributed by atoms with van der Waals surface area (Å²) in [6.45, 7) is 8.32. The Bertz CT molecular complexity index is 498. The molecule has 0 aliphatic heterocycles. The van der Waals surface area contributed by atoms with E-state index in [1.165, 1.54) is 0 Å². The fraction of sp³-hybridized carbons (Fsp3) is 0.500.